The van der Waals surface area contributed by atoms with E-state index < -0.39 is 0 Å². The average molecular weight is 230 g/mol. The summed E-state index contributed by atoms with van der Waals surface area (Å²) in [6, 6.07) is 7.87. The monoisotopic (exact) mass is 230 g/mol. The topological polar surface area (TPSA) is 38.8 Å². The fourth-order valence-corrected chi connectivity index (χ4v) is 2.01. The first-order valence-corrected chi connectivity index (χ1v) is 5.90. The second-order valence-electron chi connectivity index (χ2n) is 4.40. The van der Waals surface area contributed by atoms with Crippen LogP contribution in [0.25, 0.3) is 5.57 Å². The first-order chi connectivity index (χ1) is 8.33. The molecular formula is C14H14O3. The Morgan fingerprint density at radius 1 is 1.29 bits per heavy atom. The van der Waals surface area contributed by atoms with Gasteiger partial charge < -0.3 is 9.47 Å². The van der Waals surface area contributed by atoms with Gasteiger partial charge in [-0.15, -0.1) is 0 Å². The van der Waals surface area contributed by atoms with E-state index in [1.807, 2.05) is 24.3 Å². The maximum atomic E-state index is 11.3. The molecule has 3 rings (SSSR count). The number of para-hydroxylation sites is 1. The molecule has 3 heteroatoms. The Kier molecular flexibility index (Phi) is 2.69. The van der Waals surface area contributed by atoms with E-state index in [1.165, 1.54) is 0 Å². The lowest BCUT2D eigenvalue weighted by molar-refractivity contribution is -0.114. The van der Waals surface area contributed by atoms with Gasteiger partial charge in [-0.2, -0.15) is 0 Å². The first-order valence-electron chi connectivity index (χ1n) is 5.90. The van der Waals surface area contributed by atoms with Gasteiger partial charge in [0.25, 0.3) is 0 Å². The van der Waals surface area contributed by atoms with E-state index in [0.29, 0.717) is 13.0 Å². The Labute approximate surface area is 100 Å². The van der Waals surface area contributed by atoms with Crippen LogP contribution >= 0.6 is 0 Å². The lowest BCUT2D eigenvalue weighted by Crippen LogP contribution is -2.05. The smallest absolute Gasteiger partial charge is 0.156 e. The first kappa shape index (κ1) is 10.5. The number of carbonyl (C=O) groups is 1. The predicted octanol–water partition coefficient (Wildman–Crippen LogP) is 2.21. The highest BCUT2D eigenvalue weighted by atomic mass is 16.6. The van der Waals surface area contributed by atoms with Crippen molar-refractivity contribution >= 4 is 11.4 Å². The van der Waals surface area contributed by atoms with Crippen LogP contribution in [0.2, 0.25) is 0 Å². The SMILES string of the molecule is O=C1C=C(c2ccccc2OCC2CO2)CC1. The summed E-state index contributed by atoms with van der Waals surface area (Å²) >= 11 is 0. The van der Waals surface area contributed by atoms with Crippen LogP contribution in [-0.2, 0) is 9.53 Å². The molecular weight excluding hydrogens is 216 g/mol. The predicted molar refractivity (Wildman–Crippen MR) is 63.9 cm³/mol. The van der Waals surface area contributed by atoms with Crippen molar-refractivity contribution in [3.8, 4) is 5.75 Å². The molecule has 1 aromatic rings. The van der Waals surface area contributed by atoms with Gasteiger partial charge >= 0.3 is 0 Å². The van der Waals surface area contributed by atoms with Crippen LogP contribution in [0.3, 0.4) is 0 Å². The van der Waals surface area contributed by atoms with Crippen LogP contribution in [0.15, 0.2) is 30.3 Å². The maximum absolute atomic E-state index is 11.3. The van der Waals surface area contributed by atoms with Crippen molar-refractivity contribution in [3.63, 3.8) is 0 Å². The second-order valence-corrected chi connectivity index (χ2v) is 4.40. The highest BCUT2D eigenvalue weighted by molar-refractivity contribution is 6.02. The lowest BCUT2D eigenvalue weighted by atomic mass is 10.0. The summed E-state index contributed by atoms with van der Waals surface area (Å²) in [6.45, 7) is 1.39. The van der Waals surface area contributed by atoms with Gasteiger partial charge in [0.1, 0.15) is 18.5 Å². The number of ketones is 1. The highest BCUT2D eigenvalue weighted by Gasteiger charge is 2.24. The summed E-state index contributed by atoms with van der Waals surface area (Å²) in [6.07, 6.45) is 3.42. The number of rotatable bonds is 4. The zero-order valence-corrected chi connectivity index (χ0v) is 9.52. The van der Waals surface area contributed by atoms with Crippen molar-refractivity contribution in [1.82, 2.24) is 0 Å². The molecule has 1 fully saturated rings. The zero-order chi connectivity index (χ0) is 11.7. The fourth-order valence-electron chi connectivity index (χ4n) is 2.01. The summed E-state index contributed by atoms with van der Waals surface area (Å²) in [5.74, 6) is 1.06. The van der Waals surface area contributed by atoms with E-state index in [2.05, 4.69) is 0 Å². The molecule has 88 valence electrons. The number of epoxide rings is 1. The van der Waals surface area contributed by atoms with Gasteiger partial charge in [0.05, 0.1) is 6.61 Å². The normalized spacial score (nSPS) is 22.5. The van der Waals surface area contributed by atoms with E-state index in [-0.39, 0.29) is 11.9 Å². The van der Waals surface area contributed by atoms with Gasteiger partial charge in [-0.25, -0.2) is 0 Å². The second kappa shape index (κ2) is 4.34. The number of carbonyl (C=O) groups excluding carboxylic acids is 1. The van der Waals surface area contributed by atoms with Gasteiger partial charge in [0.15, 0.2) is 5.78 Å². The van der Waals surface area contributed by atoms with Crippen LogP contribution < -0.4 is 4.74 Å². The third-order valence-corrected chi connectivity index (χ3v) is 3.04. The maximum Gasteiger partial charge on any atom is 0.156 e. The molecule has 3 nitrogen and oxygen atoms in total. The zero-order valence-electron chi connectivity index (χ0n) is 9.52. The van der Waals surface area contributed by atoms with Gasteiger partial charge in [0, 0.05) is 12.0 Å². The molecule has 1 aromatic carbocycles. The number of hydrogen-bond acceptors (Lipinski definition) is 3. The van der Waals surface area contributed by atoms with Crippen molar-refractivity contribution in [2.24, 2.45) is 0 Å². The largest absolute Gasteiger partial charge is 0.490 e. The molecule has 0 spiro atoms. The molecule has 1 atom stereocenters. The molecule has 0 saturated carbocycles. The van der Waals surface area contributed by atoms with Crippen molar-refractivity contribution < 1.29 is 14.3 Å². The number of allylic oxidation sites excluding steroid dienone is 2. The van der Waals surface area contributed by atoms with Crippen LogP contribution in [0.4, 0.5) is 0 Å². The van der Waals surface area contributed by atoms with Crippen molar-refractivity contribution in [1.29, 1.82) is 0 Å². The van der Waals surface area contributed by atoms with Crippen molar-refractivity contribution in [2.75, 3.05) is 13.2 Å². The molecule has 0 N–H and O–H groups in total. The molecule has 0 aromatic heterocycles. The molecule has 1 aliphatic heterocycles. The quantitative estimate of drug-likeness (QED) is 0.744. The summed E-state index contributed by atoms with van der Waals surface area (Å²) < 4.78 is 10.9. The van der Waals surface area contributed by atoms with E-state index >= 15 is 0 Å². The van der Waals surface area contributed by atoms with Crippen molar-refractivity contribution in [3.05, 3.63) is 35.9 Å². The molecule has 2 aliphatic rings. The van der Waals surface area contributed by atoms with Gasteiger partial charge in [-0.3, -0.25) is 4.79 Å². The molecule has 1 saturated heterocycles. The number of hydrogen-bond donors (Lipinski definition) is 0. The average Bonchev–Trinajstić information content (AvgIpc) is 3.08. The molecule has 0 radical (unpaired) electrons. The Bertz CT molecular complexity index is 472. The summed E-state index contributed by atoms with van der Waals surface area (Å²) in [5.41, 5.74) is 2.13. The summed E-state index contributed by atoms with van der Waals surface area (Å²) in [5, 5.41) is 0. The van der Waals surface area contributed by atoms with Gasteiger partial charge in [0.2, 0.25) is 0 Å². The Balaban J connectivity index is 1.82. The molecule has 0 amide bonds. The highest BCUT2D eigenvalue weighted by Crippen LogP contribution is 2.32. The minimum absolute atomic E-state index is 0.209. The fraction of sp³-hybridized carbons (Fsp3) is 0.357. The summed E-state index contributed by atoms with van der Waals surface area (Å²) in [7, 11) is 0. The Morgan fingerprint density at radius 2 is 2.12 bits per heavy atom. The number of benzene rings is 1. The van der Waals surface area contributed by atoms with Crippen molar-refractivity contribution in [2.45, 2.75) is 18.9 Å². The van der Waals surface area contributed by atoms with E-state index in [0.717, 1.165) is 29.9 Å². The van der Waals surface area contributed by atoms with E-state index in [9.17, 15) is 4.79 Å². The Morgan fingerprint density at radius 3 is 2.82 bits per heavy atom. The van der Waals surface area contributed by atoms with Gasteiger partial charge in [-0.1, -0.05) is 18.2 Å². The third kappa shape index (κ3) is 2.39. The van der Waals surface area contributed by atoms with E-state index in [1.54, 1.807) is 6.08 Å². The van der Waals surface area contributed by atoms with Crippen LogP contribution in [-0.4, -0.2) is 25.1 Å². The molecule has 1 heterocycles. The lowest BCUT2D eigenvalue weighted by Gasteiger charge is -2.10. The van der Waals surface area contributed by atoms with Crippen LogP contribution in [0, 0.1) is 0 Å². The van der Waals surface area contributed by atoms with Crippen LogP contribution in [0.1, 0.15) is 18.4 Å². The standard InChI is InChI=1S/C14H14O3/c15-11-6-5-10(7-11)13-3-1-2-4-14(13)17-9-12-8-16-12/h1-4,7,12H,5-6,8-9H2. The summed E-state index contributed by atoms with van der Waals surface area (Å²) in [4.78, 5) is 11.3. The molecule has 17 heavy (non-hydrogen) atoms. The van der Waals surface area contributed by atoms with Crippen LogP contribution in [0.5, 0.6) is 5.75 Å². The third-order valence-electron chi connectivity index (χ3n) is 3.04. The molecule has 0 bridgehead atoms. The minimum Gasteiger partial charge on any atom is -0.490 e. The minimum atomic E-state index is 0.209. The van der Waals surface area contributed by atoms with Gasteiger partial charge in [-0.05, 0) is 24.1 Å². The molecule has 1 unspecified atom stereocenters. The number of ether oxygens (including phenoxy) is 2. The molecule has 1 aliphatic carbocycles. The van der Waals surface area contributed by atoms with E-state index in [4.69, 9.17) is 9.47 Å². The Hall–Kier alpha value is -1.61.